The minimum atomic E-state index is 0.257. The lowest BCUT2D eigenvalue weighted by atomic mass is 9.96. The highest BCUT2D eigenvalue weighted by Gasteiger charge is 2.29. The largest absolute Gasteiger partial charge is 0.260 e. The van der Waals surface area contributed by atoms with E-state index in [1.807, 2.05) is 12.3 Å². The standard InChI is InChI=1S/C13H14ClN/c14-11-5-3-10(8-11)12-6-4-9-2-1-7-15-13(9)12/h1-2,7-8,11-12H,3-6H2. The zero-order valence-corrected chi connectivity index (χ0v) is 9.37. The van der Waals surface area contributed by atoms with Crippen molar-refractivity contribution in [3.05, 3.63) is 41.2 Å². The Kier molecular flexibility index (Phi) is 2.28. The number of aromatic nitrogens is 1. The van der Waals surface area contributed by atoms with Gasteiger partial charge < -0.3 is 0 Å². The molecular formula is C13H14ClN. The molecule has 0 N–H and O–H groups in total. The summed E-state index contributed by atoms with van der Waals surface area (Å²) >= 11 is 6.12. The molecule has 3 rings (SSSR count). The molecule has 0 spiro atoms. The van der Waals surface area contributed by atoms with Crippen LogP contribution in [-0.4, -0.2) is 10.4 Å². The Morgan fingerprint density at radius 2 is 2.20 bits per heavy atom. The molecule has 1 heterocycles. The zero-order chi connectivity index (χ0) is 10.3. The van der Waals surface area contributed by atoms with E-state index in [2.05, 4.69) is 17.1 Å². The van der Waals surface area contributed by atoms with E-state index in [0.717, 1.165) is 12.8 Å². The third-order valence-corrected chi connectivity index (χ3v) is 3.85. The van der Waals surface area contributed by atoms with Crippen LogP contribution in [0.3, 0.4) is 0 Å². The molecule has 2 unspecified atom stereocenters. The molecule has 0 bridgehead atoms. The molecule has 0 amide bonds. The molecule has 0 aromatic carbocycles. The molecule has 2 atom stereocenters. The number of fused-ring (bicyclic) bond motifs is 1. The normalized spacial score (nSPS) is 29.0. The number of pyridine rings is 1. The Labute approximate surface area is 95.2 Å². The first-order valence-corrected chi connectivity index (χ1v) is 6.06. The second-order valence-corrected chi connectivity index (χ2v) is 5.00. The third-order valence-electron chi connectivity index (χ3n) is 3.51. The lowest BCUT2D eigenvalue weighted by molar-refractivity contribution is 0.724. The van der Waals surface area contributed by atoms with Crippen molar-refractivity contribution >= 4 is 11.6 Å². The average Bonchev–Trinajstić information content (AvgIpc) is 2.83. The fraction of sp³-hybridized carbons (Fsp3) is 0.462. The van der Waals surface area contributed by atoms with Crippen molar-refractivity contribution in [3.8, 4) is 0 Å². The first-order chi connectivity index (χ1) is 7.34. The fourth-order valence-corrected chi connectivity index (χ4v) is 3.04. The van der Waals surface area contributed by atoms with Crippen molar-refractivity contribution in [1.29, 1.82) is 0 Å². The van der Waals surface area contributed by atoms with E-state index in [1.54, 1.807) is 0 Å². The number of halogens is 1. The van der Waals surface area contributed by atoms with Crippen molar-refractivity contribution in [3.63, 3.8) is 0 Å². The molecule has 0 saturated heterocycles. The van der Waals surface area contributed by atoms with Gasteiger partial charge in [0.1, 0.15) is 0 Å². The highest BCUT2D eigenvalue weighted by atomic mass is 35.5. The first-order valence-electron chi connectivity index (χ1n) is 5.63. The van der Waals surface area contributed by atoms with Crippen molar-refractivity contribution in [2.75, 3.05) is 0 Å². The average molecular weight is 220 g/mol. The van der Waals surface area contributed by atoms with Gasteiger partial charge in [0.25, 0.3) is 0 Å². The lowest BCUT2D eigenvalue weighted by Crippen LogP contribution is -1.98. The molecule has 2 heteroatoms. The number of aryl methyl sites for hydroxylation is 1. The van der Waals surface area contributed by atoms with Gasteiger partial charge in [-0.3, -0.25) is 4.98 Å². The predicted octanol–water partition coefficient (Wildman–Crippen LogP) is 3.44. The zero-order valence-electron chi connectivity index (χ0n) is 8.62. The summed E-state index contributed by atoms with van der Waals surface area (Å²) in [6.45, 7) is 0. The summed E-state index contributed by atoms with van der Waals surface area (Å²) < 4.78 is 0. The Hall–Kier alpha value is -0.820. The lowest BCUT2D eigenvalue weighted by Gasteiger charge is -2.11. The summed E-state index contributed by atoms with van der Waals surface area (Å²) in [7, 11) is 0. The summed E-state index contributed by atoms with van der Waals surface area (Å²) in [4.78, 5) is 4.53. The highest BCUT2D eigenvalue weighted by Crippen LogP contribution is 2.41. The summed E-state index contributed by atoms with van der Waals surface area (Å²) in [6.07, 6.45) is 8.82. The van der Waals surface area contributed by atoms with Gasteiger partial charge in [0, 0.05) is 12.1 Å². The molecule has 2 aliphatic carbocycles. The van der Waals surface area contributed by atoms with Crippen LogP contribution in [0.5, 0.6) is 0 Å². The van der Waals surface area contributed by atoms with Gasteiger partial charge in [0.05, 0.1) is 11.1 Å². The highest BCUT2D eigenvalue weighted by molar-refractivity contribution is 6.22. The van der Waals surface area contributed by atoms with Crippen molar-refractivity contribution in [1.82, 2.24) is 4.98 Å². The van der Waals surface area contributed by atoms with Gasteiger partial charge in [-0.2, -0.15) is 0 Å². The van der Waals surface area contributed by atoms with E-state index in [0.29, 0.717) is 5.92 Å². The van der Waals surface area contributed by atoms with Gasteiger partial charge >= 0.3 is 0 Å². The van der Waals surface area contributed by atoms with E-state index in [-0.39, 0.29) is 5.38 Å². The number of hydrogen-bond acceptors (Lipinski definition) is 1. The van der Waals surface area contributed by atoms with Crippen LogP contribution in [0.1, 0.15) is 36.4 Å². The maximum atomic E-state index is 6.12. The van der Waals surface area contributed by atoms with Crippen molar-refractivity contribution in [2.24, 2.45) is 0 Å². The van der Waals surface area contributed by atoms with E-state index in [1.165, 1.54) is 29.7 Å². The molecule has 1 aromatic heterocycles. The number of alkyl halides is 1. The van der Waals surface area contributed by atoms with Gasteiger partial charge in [-0.15, -0.1) is 11.6 Å². The summed E-state index contributed by atoms with van der Waals surface area (Å²) in [6, 6.07) is 4.24. The van der Waals surface area contributed by atoms with E-state index < -0.39 is 0 Å². The second kappa shape index (κ2) is 3.64. The summed E-state index contributed by atoms with van der Waals surface area (Å²) in [5.74, 6) is 0.560. The fourth-order valence-electron chi connectivity index (χ4n) is 2.77. The second-order valence-electron chi connectivity index (χ2n) is 4.44. The SMILES string of the molecule is ClC1C=C(C2CCc3cccnc32)CC1. The van der Waals surface area contributed by atoms with Gasteiger partial charge in [-0.1, -0.05) is 17.7 Å². The Balaban J connectivity index is 1.94. The molecule has 0 fully saturated rings. The van der Waals surface area contributed by atoms with E-state index in [9.17, 15) is 0 Å². The van der Waals surface area contributed by atoms with Crippen molar-refractivity contribution in [2.45, 2.75) is 37.0 Å². The predicted molar refractivity (Wildman–Crippen MR) is 62.3 cm³/mol. The molecule has 0 aliphatic heterocycles. The minimum absolute atomic E-state index is 0.257. The monoisotopic (exact) mass is 219 g/mol. The quantitative estimate of drug-likeness (QED) is 0.521. The van der Waals surface area contributed by atoms with Gasteiger partial charge in [0.15, 0.2) is 0 Å². The van der Waals surface area contributed by atoms with Crippen LogP contribution in [-0.2, 0) is 6.42 Å². The van der Waals surface area contributed by atoms with Gasteiger partial charge in [-0.05, 0) is 37.3 Å². The third kappa shape index (κ3) is 1.59. The van der Waals surface area contributed by atoms with E-state index in [4.69, 9.17) is 11.6 Å². The summed E-state index contributed by atoms with van der Waals surface area (Å²) in [5.41, 5.74) is 4.25. The van der Waals surface area contributed by atoms with Gasteiger partial charge in [0.2, 0.25) is 0 Å². The Bertz CT molecular complexity index is 411. The maximum absolute atomic E-state index is 6.12. The van der Waals surface area contributed by atoms with Crippen molar-refractivity contribution < 1.29 is 0 Å². The van der Waals surface area contributed by atoms with Crippen LogP contribution in [0.2, 0.25) is 0 Å². The molecule has 2 aliphatic rings. The Morgan fingerprint density at radius 3 is 3.00 bits per heavy atom. The number of nitrogens with zero attached hydrogens (tertiary/aromatic N) is 1. The van der Waals surface area contributed by atoms with Gasteiger partial charge in [-0.25, -0.2) is 0 Å². The van der Waals surface area contributed by atoms with Crippen LogP contribution >= 0.6 is 11.6 Å². The number of hydrogen-bond donors (Lipinski definition) is 0. The topological polar surface area (TPSA) is 12.9 Å². The molecular weight excluding hydrogens is 206 g/mol. The molecule has 78 valence electrons. The van der Waals surface area contributed by atoms with Crippen LogP contribution < -0.4 is 0 Å². The first kappa shape index (κ1) is 9.41. The minimum Gasteiger partial charge on any atom is -0.260 e. The molecule has 1 nitrogen and oxygen atoms in total. The molecule has 15 heavy (non-hydrogen) atoms. The van der Waals surface area contributed by atoms with Crippen LogP contribution in [0.4, 0.5) is 0 Å². The van der Waals surface area contributed by atoms with E-state index >= 15 is 0 Å². The smallest absolute Gasteiger partial charge is 0.0521 e. The summed E-state index contributed by atoms with van der Waals surface area (Å²) in [5, 5.41) is 0.257. The molecule has 0 radical (unpaired) electrons. The maximum Gasteiger partial charge on any atom is 0.0521 e. The molecule has 1 aromatic rings. The van der Waals surface area contributed by atoms with Crippen LogP contribution in [0.15, 0.2) is 30.0 Å². The van der Waals surface area contributed by atoms with Crippen LogP contribution in [0.25, 0.3) is 0 Å². The van der Waals surface area contributed by atoms with Crippen LogP contribution in [0, 0.1) is 0 Å². The number of allylic oxidation sites excluding steroid dienone is 2. The number of rotatable bonds is 1. The Morgan fingerprint density at radius 1 is 1.27 bits per heavy atom. The molecule has 0 saturated carbocycles.